The van der Waals surface area contributed by atoms with Gasteiger partial charge in [0.15, 0.2) is 24.8 Å². The van der Waals surface area contributed by atoms with E-state index in [-0.39, 0.29) is 11.1 Å². The number of benzene rings is 13. The van der Waals surface area contributed by atoms with Crippen molar-refractivity contribution in [3.8, 4) is 56.2 Å². The molecule has 8 nitrogen and oxygen atoms in total. The molecule has 0 spiro atoms. The second-order valence-corrected chi connectivity index (χ2v) is 29.8. The van der Waals surface area contributed by atoms with Crippen LogP contribution in [0.3, 0.4) is 0 Å². The molecule has 0 saturated carbocycles. The molecule has 0 aliphatic heterocycles. The Kier molecular flexibility index (Phi) is 15.7. The van der Waals surface area contributed by atoms with Gasteiger partial charge in [-0.1, -0.05) is 211 Å². The molecule has 0 unspecified atom stereocenters. The van der Waals surface area contributed by atoms with E-state index in [1.165, 1.54) is 120 Å². The quantitative estimate of drug-likeness (QED) is 0.161. The average Bonchev–Trinajstić information content (AvgIpc) is 1.60. The Morgan fingerprint density at radius 2 is 0.640 bits per heavy atom. The van der Waals surface area contributed by atoms with Gasteiger partial charge in [-0.3, -0.25) is 0 Å². The van der Waals surface area contributed by atoms with Crippen molar-refractivity contribution in [3.05, 3.63) is 336 Å². The molecule has 8 heteroatoms. The van der Waals surface area contributed by atoms with E-state index in [0.717, 1.165) is 83.3 Å². The molecule has 0 atom stereocenters. The molecule has 13 aromatic carbocycles. The maximum atomic E-state index is 8.20. The van der Waals surface area contributed by atoms with Gasteiger partial charge in [0.05, 0.1) is 22.3 Å². The lowest BCUT2D eigenvalue weighted by Crippen LogP contribution is -2.31. The zero-order chi connectivity index (χ0) is 81.2. The van der Waals surface area contributed by atoms with Crippen LogP contribution in [-0.4, -0.2) is 0 Å². The molecule has 538 valence electrons. The van der Waals surface area contributed by atoms with Crippen LogP contribution in [0.1, 0.15) is 58.3 Å². The summed E-state index contributed by atoms with van der Waals surface area (Å²) in [5.41, 5.74) is 26.5. The lowest BCUT2D eigenvalue weighted by molar-refractivity contribution is -0.659. The van der Waals surface area contributed by atoms with Crippen molar-refractivity contribution < 1.29 is 44.2 Å². The number of aryl methyl sites for hydroxylation is 13. The number of hydrogen-bond acceptors (Lipinski definition) is 4. The van der Waals surface area contributed by atoms with Crippen molar-refractivity contribution in [2.45, 2.75) is 62.2 Å². The van der Waals surface area contributed by atoms with E-state index in [1.807, 2.05) is 43.3 Å². The number of hydrogen-bond donors (Lipinski definition) is 0. The van der Waals surface area contributed by atoms with E-state index >= 15 is 0 Å². The largest absolute Gasteiger partial charge is 0.449 e. The summed E-state index contributed by atoms with van der Waals surface area (Å²) in [4.78, 5) is 0. The molecule has 0 aliphatic rings. The summed E-state index contributed by atoms with van der Waals surface area (Å²) in [5.74, 6) is 0. The van der Waals surface area contributed by atoms with Gasteiger partial charge in [0.1, 0.15) is 50.5 Å². The van der Waals surface area contributed by atoms with Crippen molar-refractivity contribution in [2.75, 3.05) is 0 Å². The van der Waals surface area contributed by atoms with Crippen molar-refractivity contribution in [2.24, 2.45) is 28.2 Å². The molecular weight excluding hydrogens is 1360 g/mol. The van der Waals surface area contributed by atoms with Crippen LogP contribution in [0.4, 0.5) is 0 Å². The summed E-state index contributed by atoms with van der Waals surface area (Å²) in [5, 5.41) is 17.8. The monoisotopic (exact) mass is 1450 g/mol. The van der Waals surface area contributed by atoms with Crippen LogP contribution in [0, 0.1) is 62.2 Å². The summed E-state index contributed by atoms with van der Waals surface area (Å²) in [6.07, 6.45) is 8.12. The van der Waals surface area contributed by atoms with Gasteiger partial charge in [0.2, 0.25) is 22.3 Å². The predicted molar refractivity (Wildman–Crippen MR) is 459 cm³/mol. The minimum absolute atomic E-state index is 0.218. The Morgan fingerprint density at radius 1 is 0.243 bits per heavy atom. The zero-order valence-electron chi connectivity index (χ0n) is 70.1. The van der Waals surface area contributed by atoms with Crippen LogP contribution in [0.15, 0.2) is 303 Å². The molecule has 21 aromatic rings. The minimum atomic E-state index is -2.34. The van der Waals surface area contributed by atoms with Gasteiger partial charge >= 0.3 is 0 Å². The number of fused-ring (bicyclic) bond motifs is 20. The third-order valence-electron chi connectivity index (χ3n) is 22.3. The van der Waals surface area contributed by atoms with Crippen molar-refractivity contribution >= 4 is 131 Å². The third kappa shape index (κ3) is 12.0. The van der Waals surface area contributed by atoms with Crippen LogP contribution >= 0.6 is 0 Å². The molecule has 0 saturated heterocycles. The Hall–Kier alpha value is -13.3. The first kappa shape index (κ1) is 62.7. The topological polar surface area (TPSA) is 68.1 Å². The highest BCUT2D eigenvalue weighted by Gasteiger charge is 2.30. The van der Waals surface area contributed by atoms with Gasteiger partial charge in [-0.2, -0.15) is 18.3 Å². The van der Waals surface area contributed by atoms with Gasteiger partial charge < -0.3 is 17.7 Å². The fraction of sp³-hybridized carbons (Fsp3) is 0.126. The van der Waals surface area contributed by atoms with Gasteiger partial charge in [-0.15, -0.1) is 0 Å². The second kappa shape index (κ2) is 27.7. The number of aromatic nitrogens is 4. The number of pyridine rings is 4. The lowest BCUT2D eigenvalue weighted by atomic mass is 9.98. The van der Waals surface area contributed by atoms with Crippen LogP contribution in [0.5, 0.6) is 0 Å². The first-order valence-corrected chi connectivity index (χ1v) is 37.7. The van der Waals surface area contributed by atoms with Gasteiger partial charge in [0, 0.05) is 74.6 Å². The van der Waals surface area contributed by atoms with Crippen molar-refractivity contribution in [3.63, 3.8) is 0 Å². The normalized spacial score (nSPS) is 12.7. The fourth-order valence-electron chi connectivity index (χ4n) is 17.0. The SMILES string of the molecule is Cc1ccc(-c2c3oc4ccc5ccccc5c4c3c(C)c[n+]2C)c(C)c1.Cc1ccc2c(ccc3oc4c(-c5ccccc5C)[n+](C)ccc4c32)c1.Cc1ccccc1-c1c2oc3ccc4cc(-c5ccccc5)ccc4c3c2cc[n+]1C.[2H]C([2H])([2H])c1ccc(-c2c3oc4ccc5ccccc5c4c3c(C([2H])([2H])[2H])c[n+]2C)c(C)c1. The summed E-state index contributed by atoms with van der Waals surface area (Å²) in [7, 11) is 8.05. The summed E-state index contributed by atoms with van der Waals surface area (Å²) in [6, 6.07) is 89.8. The van der Waals surface area contributed by atoms with E-state index in [0.29, 0.717) is 22.2 Å². The standard InChI is InChI=1S/C29H22NO.2C25H22NO.C24H20NO/c1-19-8-6-7-11-23(19)28-29-25(16-17-30(28)2)27-24-14-12-21(20-9-4-3-5-10-20)18-22(24)13-15-26(27)31-29;2*1-15-9-11-19(16(2)13-15)24-25-22(17(3)14-26(24)4)23-20-8-6-5-7-18(20)10-12-21(23)27-25;1-15-8-10-19-17(14-15)9-11-21-22(19)20-12-13-25(3)23(24(20)26-21)18-7-5-4-6-16(18)2/h3-18H,1-2H3;2*5-14H,1-4H3;4-14H,1-3H3/q4*+1/i;1D3,3D3;;. The highest BCUT2D eigenvalue weighted by atomic mass is 16.3. The summed E-state index contributed by atoms with van der Waals surface area (Å²) >= 11 is 0. The fourth-order valence-corrected chi connectivity index (χ4v) is 17.0. The zero-order valence-corrected chi connectivity index (χ0v) is 64.1. The highest BCUT2D eigenvalue weighted by molar-refractivity contribution is 6.24. The molecule has 0 aliphatic carbocycles. The van der Waals surface area contributed by atoms with E-state index in [4.69, 9.17) is 25.9 Å². The molecule has 0 bridgehead atoms. The number of nitrogens with zero attached hydrogens (tertiary/aromatic N) is 4. The van der Waals surface area contributed by atoms with E-state index in [1.54, 1.807) is 36.0 Å². The van der Waals surface area contributed by atoms with Crippen LogP contribution in [-0.2, 0) is 28.2 Å². The Balaban J connectivity index is 0.000000108. The molecule has 0 N–H and O–H groups in total. The predicted octanol–water partition coefficient (Wildman–Crippen LogP) is 25.4. The molecule has 111 heavy (non-hydrogen) atoms. The van der Waals surface area contributed by atoms with Gasteiger partial charge in [-0.25, -0.2) is 0 Å². The second-order valence-electron chi connectivity index (χ2n) is 29.8. The molecule has 0 amide bonds. The van der Waals surface area contributed by atoms with E-state index in [2.05, 4.69) is 301 Å². The molecule has 0 fully saturated rings. The Labute approximate surface area is 653 Å². The van der Waals surface area contributed by atoms with Crippen LogP contribution < -0.4 is 18.3 Å². The van der Waals surface area contributed by atoms with Gasteiger partial charge in [0.25, 0.3) is 22.8 Å². The smallest absolute Gasteiger partial charge is 0.256 e. The molecular formula is C103H86N4O4+4. The van der Waals surface area contributed by atoms with E-state index in [9.17, 15) is 0 Å². The number of rotatable bonds is 5. The summed E-state index contributed by atoms with van der Waals surface area (Å²) in [6.45, 7) is 10.2. The molecule has 8 aromatic heterocycles. The Morgan fingerprint density at radius 3 is 1.16 bits per heavy atom. The Bertz CT molecular complexity index is 7630. The minimum Gasteiger partial charge on any atom is -0.449 e. The van der Waals surface area contributed by atoms with Crippen molar-refractivity contribution in [1.29, 1.82) is 0 Å². The molecule has 21 rings (SSSR count). The average molecular weight is 1450 g/mol. The van der Waals surface area contributed by atoms with Gasteiger partial charge in [-0.05, 0) is 193 Å². The maximum Gasteiger partial charge on any atom is 0.256 e. The molecule has 0 radical (unpaired) electrons. The highest BCUT2D eigenvalue weighted by Crippen LogP contribution is 2.45. The van der Waals surface area contributed by atoms with Crippen LogP contribution in [0.25, 0.3) is 187 Å². The van der Waals surface area contributed by atoms with E-state index < -0.39 is 13.7 Å². The maximum absolute atomic E-state index is 8.20. The summed E-state index contributed by atoms with van der Waals surface area (Å²) < 4.78 is 81.7. The number of furan rings is 4. The first-order valence-electron chi connectivity index (χ1n) is 40.7. The lowest BCUT2D eigenvalue weighted by Gasteiger charge is -2.07. The van der Waals surface area contributed by atoms with Crippen molar-refractivity contribution in [1.82, 2.24) is 0 Å². The van der Waals surface area contributed by atoms with Crippen LogP contribution in [0.2, 0.25) is 0 Å². The first-order chi connectivity index (χ1) is 56.3. The molecule has 8 heterocycles. The third-order valence-corrected chi connectivity index (χ3v) is 22.3.